The van der Waals surface area contributed by atoms with E-state index in [1.807, 2.05) is 24.0 Å². The van der Waals surface area contributed by atoms with Crippen LogP contribution in [0.4, 0.5) is 0 Å². The molecular formula is C16H14BrN2+. The molecule has 0 unspecified atom stereocenters. The minimum atomic E-state index is 0.887. The monoisotopic (exact) mass is 313 g/mol. The van der Waals surface area contributed by atoms with Crippen molar-refractivity contribution in [3.63, 3.8) is 0 Å². The smallest absolute Gasteiger partial charge is 0.0902 e. The summed E-state index contributed by atoms with van der Waals surface area (Å²) in [5.41, 5.74) is 2.53. The standard InChI is InChI=1S/C16H14BrN2/c1-19-16(10-12-6-8-14(17)9-7-12)15-5-3-2-4-13(15)11-18-19/h2-9,11H,10H2,1H3/q+1. The Kier molecular flexibility index (Phi) is 3.30. The van der Waals surface area contributed by atoms with Gasteiger partial charge in [-0.3, -0.25) is 0 Å². The van der Waals surface area contributed by atoms with E-state index in [4.69, 9.17) is 0 Å². The number of rotatable bonds is 2. The lowest BCUT2D eigenvalue weighted by Gasteiger charge is -2.03. The van der Waals surface area contributed by atoms with Crippen molar-refractivity contribution in [3.8, 4) is 0 Å². The van der Waals surface area contributed by atoms with E-state index < -0.39 is 0 Å². The molecule has 0 N–H and O–H groups in total. The molecule has 0 saturated heterocycles. The maximum absolute atomic E-state index is 4.43. The van der Waals surface area contributed by atoms with Crippen molar-refractivity contribution < 1.29 is 4.68 Å². The fourth-order valence-electron chi connectivity index (χ4n) is 2.27. The molecule has 0 amide bonds. The number of aromatic nitrogens is 2. The van der Waals surface area contributed by atoms with Gasteiger partial charge in [0.25, 0.3) is 0 Å². The van der Waals surface area contributed by atoms with Gasteiger partial charge < -0.3 is 0 Å². The summed E-state index contributed by atoms with van der Waals surface area (Å²) in [7, 11) is 2.00. The second kappa shape index (κ2) is 5.10. The number of fused-ring (bicyclic) bond motifs is 1. The van der Waals surface area contributed by atoms with Crippen LogP contribution in [0.25, 0.3) is 10.8 Å². The highest BCUT2D eigenvalue weighted by Gasteiger charge is 2.14. The lowest BCUT2D eigenvalue weighted by Crippen LogP contribution is -2.38. The third kappa shape index (κ3) is 2.51. The van der Waals surface area contributed by atoms with Crippen molar-refractivity contribution in [3.05, 3.63) is 70.5 Å². The first-order chi connectivity index (χ1) is 9.24. The van der Waals surface area contributed by atoms with Crippen LogP contribution in [-0.2, 0) is 13.5 Å². The summed E-state index contributed by atoms with van der Waals surface area (Å²) in [4.78, 5) is 0. The second-order valence-electron chi connectivity index (χ2n) is 4.61. The quantitative estimate of drug-likeness (QED) is 0.662. The molecule has 2 aromatic carbocycles. The van der Waals surface area contributed by atoms with Gasteiger partial charge in [0.15, 0.2) is 7.05 Å². The zero-order valence-electron chi connectivity index (χ0n) is 10.7. The summed E-state index contributed by atoms with van der Waals surface area (Å²) in [5, 5.41) is 6.88. The average Bonchev–Trinajstić information content (AvgIpc) is 2.44. The predicted molar refractivity (Wildman–Crippen MR) is 79.9 cm³/mol. The van der Waals surface area contributed by atoms with E-state index in [2.05, 4.69) is 63.5 Å². The number of nitrogens with zero attached hydrogens (tertiary/aromatic N) is 2. The first-order valence-electron chi connectivity index (χ1n) is 6.21. The molecule has 0 aliphatic carbocycles. The van der Waals surface area contributed by atoms with Crippen molar-refractivity contribution in [1.82, 2.24) is 5.10 Å². The number of hydrogen-bond acceptors (Lipinski definition) is 1. The zero-order chi connectivity index (χ0) is 13.2. The van der Waals surface area contributed by atoms with E-state index in [9.17, 15) is 0 Å². The predicted octanol–water partition coefficient (Wildman–Crippen LogP) is 3.41. The molecule has 2 nitrogen and oxygen atoms in total. The Morgan fingerprint density at radius 1 is 1.05 bits per heavy atom. The normalized spacial score (nSPS) is 10.8. The van der Waals surface area contributed by atoms with Gasteiger partial charge in [-0.25, -0.2) is 0 Å². The van der Waals surface area contributed by atoms with Crippen LogP contribution in [0, 0.1) is 0 Å². The Labute approximate surface area is 120 Å². The lowest BCUT2D eigenvalue weighted by molar-refractivity contribution is -0.735. The molecule has 0 atom stereocenters. The van der Waals surface area contributed by atoms with Gasteiger partial charge in [-0.15, -0.1) is 0 Å². The molecular weight excluding hydrogens is 300 g/mol. The minimum absolute atomic E-state index is 0.887. The van der Waals surface area contributed by atoms with E-state index in [0.717, 1.165) is 10.9 Å². The van der Waals surface area contributed by atoms with Gasteiger partial charge >= 0.3 is 0 Å². The fraction of sp³-hybridized carbons (Fsp3) is 0.125. The molecule has 0 bridgehead atoms. The van der Waals surface area contributed by atoms with Crippen LogP contribution in [-0.4, -0.2) is 5.10 Å². The molecule has 19 heavy (non-hydrogen) atoms. The van der Waals surface area contributed by atoms with Gasteiger partial charge in [0.2, 0.25) is 5.69 Å². The summed E-state index contributed by atoms with van der Waals surface area (Å²) in [6, 6.07) is 16.8. The van der Waals surface area contributed by atoms with Gasteiger partial charge in [-0.05, 0) is 28.9 Å². The molecule has 1 heterocycles. The third-order valence-corrected chi connectivity index (χ3v) is 3.85. The molecule has 94 valence electrons. The maximum Gasteiger partial charge on any atom is 0.220 e. The van der Waals surface area contributed by atoms with E-state index in [0.29, 0.717) is 0 Å². The SMILES string of the molecule is C[n+]1ncc2ccccc2c1Cc1ccc(Br)cc1. The van der Waals surface area contributed by atoms with E-state index in [1.165, 1.54) is 22.0 Å². The molecule has 0 radical (unpaired) electrons. The maximum atomic E-state index is 4.43. The molecule has 0 spiro atoms. The molecule has 3 rings (SSSR count). The van der Waals surface area contributed by atoms with Crippen LogP contribution < -0.4 is 4.68 Å². The molecule has 0 aliphatic heterocycles. The average molecular weight is 314 g/mol. The lowest BCUT2D eigenvalue weighted by atomic mass is 10.0. The van der Waals surface area contributed by atoms with Gasteiger partial charge in [0, 0.05) is 9.86 Å². The first kappa shape index (κ1) is 12.3. The summed E-state index contributed by atoms with van der Waals surface area (Å²) in [6.07, 6.45) is 2.80. The third-order valence-electron chi connectivity index (χ3n) is 3.32. The zero-order valence-corrected chi connectivity index (χ0v) is 12.3. The van der Waals surface area contributed by atoms with E-state index >= 15 is 0 Å². The molecule has 0 fully saturated rings. The highest BCUT2D eigenvalue weighted by atomic mass is 79.9. The van der Waals surface area contributed by atoms with Crippen LogP contribution in [0.2, 0.25) is 0 Å². The number of halogens is 1. The van der Waals surface area contributed by atoms with Crippen molar-refractivity contribution in [2.45, 2.75) is 6.42 Å². The summed E-state index contributed by atoms with van der Waals surface area (Å²) >= 11 is 3.47. The molecule has 1 aromatic heterocycles. The van der Waals surface area contributed by atoms with Crippen LogP contribution in [0.5, 0.6) is 0 Å². The first-order valence-corrected chi connectivity index (χ1v) is 7.01. The highest BCUT2D eigenvalue weighted by molar-refractivity contribution is 9.10. The van der Waals surface area contributed by atoms with Crippen molar-refractivity contribution in [2.24, 2.45) is 7.05 Å². The van der Waals surface area contributed by atoms with Crippen LogP contribution in [0.3, 0.4) is 0 Å². The van der Waals surface area contributed by atoms with Crippen molar-refractivity contribution in [2.75, 3.05) is 0 Å². The van der Waals surface area contributed by atoms with Gasteiger partial charge in [0.1, 0.15) is 6.20 Å². The summed E-state index contributed by atoms with van der Waals surface area (Å²) < 4.78 is 3.07. The van der Waals surface area contributed by atoms with Crippen molar-refractivity contribution >= 4 is 26.7 Å². The van der Waals surface area contributed by atoms with E-state index in [-0.39, 0.29) is 0 Å². The number of aryl methyl sites for hydroxylation is 1. The highest BCUT2D eigenvalue weighted by Crippen LogP contribution is 2.18. The Morgan fingerprint density at radius 3 is 2.58 bits per heavy atom. The topological polar surface area (TPSA) is 16.8 Å². The van der Waals surface area contributed by atoms with Crippen molar-refractivity contribution in [1.29, 1.82) is 0 Å². The number of hydrogen-bond donors (Lipinski definition) is 0. The fourth-order valence-corrected chi connectivity index (χ4v) is 2.53. The summed E-state index contributed by atoms with van der Waals surface area (Å²) in [6.45, 7) is 0. The number of benzene rings is 2. The Balaban J connectivity index is 2.09. The minimum Gasteiger partial charge on any atom is -0.0902 e. The van der Waals surface area contributed by atoms with Crippen LogP contribution in [0.1, 0.15) is 11.3 Å². The Bertz CT molecular complexity index is 720. The Hall–Kier alpha value is -1.74. The van der Waals surface area contributed by atoms with Gasteiger partial charge in [-0.1, -0.05) is 50.9 Å². The molecule has 3 aromatic rings. The molecule has 3 heteroatoms. The van der Waals surface area contributed by atoms with Gasteiger partial charge in [0.05, 0.1) is 11.8 Å². The second-order valence-corrected chi connectivity index (χ2v) is 5.52. The largest absolute Gasteiger partial charge is 0.220 e. The van der Waals surface area contributed by atoms with Crippen LogP contribution in [0.15, 0.2) is 59.2 Å². The van der Waals surface area contributed by atoms with E-state index in [1.54, 1.807) is 0 Å². The summed E-state index contributed by atoms with van der Waals surface area (Å²) in [5.74, 6) is 0. The molecule has 0 aliphatic rings. The van der Waals surface area contributed by atoms with Gasteiger partial charge in [-0.2, -0.15) is 0 Å². The Morgan fingerprint density at radius 2 is 1.79 bits per heavy atom. The molecule has 0 saturated carbocycles. The van der Waals surface area contributed by atoms with Crippen LogP contribution >= 0.6 is 15.9 Å².